The third kappa shape index (κ3) is 3.31. The van der Waals surface area contributed by atoms with Crippen LogP contribution in [0.1, 0.15) is 16.3 Å². The molecule has 0 saturated heterocycles. The second-order valence-electron chi connectivity index (χ2n) is 6.36. The number of rotatable bonds is 5. The lowest BCUT2D eigenvalue weighted by Crippen LogP contribution is -2.11. The Labute approximate surface area is 169 Å². The van der Waals surface area contributed by atoms with Gasteiger partial charge in [-0.25, -0.2) is 4.98 Å². The third-order valence-corrected chi connectivity index (χ3v) is 6.74. The highest BCUT2D eigenvalue weighted by molar-refractivity contribution is 7.98. The molecule has 0 bridgehead atoms. The maximum atomic E-state index is 12.4. The lowest BCUT2D eigenvalue weighted by molar-refractivity contribution is 0.415. The molecular weight excluding hydrogens is 394 g/mol. The van der Waals surface area contributed by atoms with Crippen LogP contribution in [0.25, 0.3) is 21.6 Å². The van der Waals surface area contributed by atoms with E-state index in [1.807, 2.05) is 49.7 Å². The van der Waals surface area contributed by atoms with Crippen molar-refractivity contribution in [3.63, 3.8) is 0 Å². The van der Waals surface area contributed by atoms with Gasteiger partial charge in [0, 0.05) is 17.5 Å². The van der Waals surface area contributed by atoms with Crippen LogP contribution < -0.4 is 10.3 Å². The molecule has 1 aromatic carbocycles. The Morgan fingerprint density at radius 2 is 1.96 bits per heavy atom. The highest BCUT2D eigenvalue weighted by atomic mass is 32.2. The van der Waals surface area contributed by atoms with Crippen molar-refractivity contribution in [3.8, 4) is 17.1 Å². The number of thiophene rings is 1. The van der Waals surface area contributed by atoms with Crippen LogP contribution in [-0.4, -0.2) is 31.8 Å². The summed E-state index contributed by atoms with van der Waals surface area (Å²) in [4.78, 5) is 21.8. The van der Waals surface area contributed by atoms with Crippen LogP contribution in [0.2, 0.25) is 0 Å². The largest absolute Gasteiger partial charge is 0.497 e. The summed E-state index contributed by atoms with van der Waals surface area (Å²) in [7, 11) is 3.56. The molecule has 0 radical (unpaired) electrons. The number of hydrogen-bond donors (Lipinski definition) is 1. The van der Waals surface area contributed by atoms with Crippen molar-refractivity contribution >= 4 is 33.3 Å². The molecule has 4 rings (SSSR count). The fourth-order valence-electron chi connectivity index (χ4n) is 2.93. The summed E-state index contributed by atoms with van der Waals surface area (Å²) in [6.07, 6.45) is 0. The number of nitrogens with one attached hydrogen (secondary N) is 1. The molecule has 1 N–H and O–H groups in total. The molecule has 0 aliphatic carbocycles. The summed E-state index contributed by atoms with van der Waals surface area (Å²) in [6.45, 7) is 3.97. The van der Waals surface area contributed by atoms with E-state index in [0.717, 1.165) is 37.6 Å². The van der Waals surface area contributed by atoms with Gasteiger partial charge in [-0.15, -0.1) is 21.5 Å². The smallest absolute Gasteiger partial charge is 0.259 e. The number of aromatic nitrogens is 5. The van der Waals surface area contributed by atoms with Crippen molar-refractivity contribution in [1.29, 1.82) is 0 Å². The lowest BCUT2D eigenvalue weighted by Gasteiger charge is -2.05. The predicted molar refractivity (Wildman–Crippen MR) is 112 cm³/mol. The van der Waals surface area contributed by atoms with E-state index in [4.69, 9.17) is 4.74 Å². The zero-order chi connectivity index (χ0) is 19.8. The number of hydrogen-bond acceptors (Lipinski definition) is 7. The Morgan fingerprint density at radius 1 is 1.21 bits per heavy atom. The predicted octanol–water partition coefficient (Wildman–Crippen LogP) is 3.70. The Morgan fingerprint density at radius 3 is 2.68 bits per heavy atom. The first-order valence-corrected chi connectivity index (χ1v) is 10.4. The molecule has 3 heterocycles. The molecule has 0 saturated carbocycles. The van der Waals surface area contributed by atoms with Gasteiger partial charge in [0.05, 0.1) is 18.2 Å². The van der Waals surface area contributed by atoms with Crippen molar-refractivity contribution in [2.24, 2.45) is 7.05 Å². The highest BCUT2D eigenvalue weighted by Crippen LogP contribution is 2.28. The Bertz CT molecular complexity index is 1210. The molecule has 28 heavy (non-hydrogen) atoms. The Balaban J connectivity index is 1.56. The van der Waals surface area contributed by atoms with Crippen LogP contribution in [0.5, 0.6) is 5.75 Å². The molecule has 0 fully saturated rings. The quantitative estimate of drug-likeness (QED) is 0.502. The first-order valence-electron chi connectivity index (χ1n) is 8.63. The molecule has 3 aromatic heterocycles. The number of aryl methyl sites for hydroxylation is 2. The number of ether oxygens (including phenoxy) is 1. The molecule has 0 spiro atoms. The maximum Gasteiger partial charge on any atom is 0.259 e. The van der Waals surface area contributed by atoms with Crippen LogP contribution >= 0.6 is 23.1 Å². The highest BCUT2D eigenvalue weighted by Gasteiger charge is 2.14. The zero-order valence-electron chi connectivity index (χ0n) is 15.9. The second kappa shape index (κ2) is 7.40. The molecule has 4 aromatic rings. The number of methoxy groups -OCH3 is 1. The number of benzene rings is 1. The molecule has 0 atom stereocenters. The van der Waals surface area contributed by atoms with Gasteiger partial charge in [0.1, 0.15) is 16.4 Å². The van der Waals surface area contributed by atoms with Gasteiger partial charge in [-0.2, -0.15) is 0 Å². The van der Waals surface area contributed by atoms with Gasteiger partial charge >= 0.3 is 0 Å². The number of H-pyrrole nitrogens is 1. The first kappa shape index (κ1) is 18.7. The van der Waals surface area contributed by atoms with Gasteiger partial charge < -0.3 is 14.3 Å². The van der Waals surface area contributed by atoms with E-state index in [1.165, 1.54) is 11.8 Å². The summed E-state index contributed by atoms with van der Waals surface area (Å²) in [5, 5.41) is 10.0. The van der Waals surface area contributed by atoms with E-state index < -0.39 is 0 Å². The summed E-state index contributed by atoms with van der Waals surface area (Å²) < 4.78 is 7.13. The third-order valence-electron chi connectivity index (χ3n) is 4.61. The summed E-state index contributed by atoms with van der Waals surface area (Å²) in [5.74, 6) is 2.71. The van der Waals surface area contributed by atoms with Crippen LogP contribution in [-0.2, 0) is 12.8 Å². The van der Waals surface area contributed by atoms with Gasteiger partial charge in [0.2, 0.25) is 0 Å². The lowest BCUT2D eigenvalue weighted by atomic mass is 10.2. The van der Waals surface area contributed by atoms with Crippen molar-refractivity contribution in [1.82, 2.24) is 24.7 Å². The SMILES string of the molecule is COc1ccc(-c2nnc(SCc3nc4sc(C)c(C)c4c(=O)[nH]3)n2C)cc1. The molecule has 7 nitrogen and oxygen atoms in total. The topological polar surface area (TPSA) is 85.7 Å². The van der Waals surface area contributed by atoms with Gasteiger partial charge in [-0.05, 0) is 43.7 Å². The number of nitrogens with zero attached hydrogens (tertiary/aromatic N) is 4. The van der Waals surface area contributed by atoms with Crippen molar-refractivity contribution in [3.05, 3.63) is 50.9 Å². The van der Waals surface area contributed by atoms with Crippen molar-refractivity contribution < 1.29 is 4.74 Å². The van der Waals surface area contributed by atoms with Gasteiger partial charge in [-0.1, -0.05) is 11.8 Å². The molecule has 0 aliphatic rings. The van der Waals surface area contributed by atoms with Crippen LogP contribution in [0, 0.1) is 13.8 Å². The normalized spacial score (nSPS) is 11.3. The van der Waals surface area contributed by atoms with Gasteiger partial charge in [-0.3, -0.25) is 4.79 Å². The van der Waals surface area contributed by atoms with Crippen LogP contribution in [0.3, 0.4) is 0 Å². The first-order chi connectivity index (χ1) is 13.5. The number of aromatic amines is 1. The number of thioether (sulfide) groups is 1. The fourth-order valence-corrected chi connectivity index (χ4v) is 4.76. The van der Waals surface area contributed by atoms with E-state index in [9.17, 15) is 4.79 Å². The zero-order valence-corrected chi connectivity index (χ0v) is 17.6. The Hall–Kier alpha value is -2.65. The standard InChI is InChI=1S/C19H19N5O2S2/c1-10-11(2)28-18-15(10)17(25)20-14(21-18)9-27-19-23-22-16(24(19)3)12-5-7-13(26-4)8-6-12/h5-8H,9H2,1-4H3,(H,20,21,25). The van der Waals surface area contributed by atoms with Crippen molar-refractivity contribution in [2.45, 2.75) is 24.8 Å². The molecular formula is C19H19N5O2S2. The molecule has 9 heteroatoms. The summed E-state index contributed by atoms with van der Waals surface area (Å²) in [6, 6.07) is 7.69. The van der Waals surface area contributed by atoms with Crippen LogP contribution in [0.4, 0.5) is 0 Å². The van der Waals surface area contributed by atoms with E-state index in [2.05, 4.69) is 20.2 Å². The minimum Gasteiger partial charge on any atom is -0.497 e. The molecule has 0 aliphatic heterocycles. The van der Waals surface area contributed by atoms with E-state index in [0.29, 0.717) is 17.0 Å². The molecule has 0 unspecified atom stereocenters. The maximum absolute atomic E-state index is 12.4. The van der Waals surface area contributed by atoms with Crippen LogP contribution in [0.15, 0.2) is 34.2 Å². The molecule has 144 valence electrons. The van der Waals surface area contributed by atoms with E-state index in [-0.39, 0.29) is 5.56 Å². The molecule has 0 amide bonds. The second-order valence-corrected chi connectivity index (χ2v) is 8.50. The van der Waals surface area contributed by atoms with E-state index >= 15 is 0 Å². The average molecular weight is 414 g/mol. The average Bonchev–Trinajstić information content (AvgIpc) is 3.19. The van der Waals surface area contributed by atoms with Gasteiger partial charge in [0.15, 0.2) is 11.0 Å². The van der Waals surface area contributed by atoms with Crippen molar-refractivity contribution in [2.75, 3.05) is 7.11 Å². The summed E-state index contributed by atoms with van der Waals surface area (Å²) in [5.41, 5.74) is 1.88. The fraction of sp³-hybridized carbons (Fsp3) is 0.263. The minimum atomic E-state index is -0.0839. The monoisotopic (exact) mass is 413 g/mol. The minimum absolute atomic E-state index is 0.0839. The number of fused-ring (bicyclic) bond motifs is 1. The van der Waals surface area contributed by atoms with Gasteiger partial charge in [0.25, 0.3) is 5.56 Å². The van der Waals surface area contributed by atoms with E-state index in [1.54, 1.807) is 18.4 Å². The summed E-state index contributed by atoms with van der Waals surface area (Å²) >= 11 is 3.04. The Kier molecular flexibility index (Phi) is 4.94.